The van der Waals surface area contributed by atoms with E-state index in [9.17, 15) is 20.2 Å². The minimum atomic E-state index is -0.414. The lowest BCUT2D eigenvalue weighted by molar-refractivity contribution is -0.387. The van der Waals surface area contributed by atoms with E-state index in [4.69, 9.17) is 16.3 Å². The molecule has 8 nitrogen and oxygen atoms in total. The largest absolute Gasteiger partial charge is 0.495 e. The first-order chi connectivity index (χ1) is 16.9. The molecule has 0 aromatic heterocycles. The fourth-order valence-corrected chi connectivity index (χ4v) is 7.23. The first-order valence-corrected chi connectivity index (χ1v) is 12.4. The topological polar surface area (TPSA) is 108 Å². The van der Waals surface area contributed by atoms with Crippen molar-refractivity contribution in [3.8, 4) is 5.75 Å². The Morgan fingerprint density at radius 3 is 2.43 bits per heavy atom. The summed E-state index contributed by atoms with van der Waals surface area (Å²) in [5.41, 5.74) is 2.94. The van der Waals surface area contributed by atoms with Gasteiger partial charge in [0.05, 0.1) is 39.0 Å². The molecular weight excluding hydrogens is 490 g/mol. The molecule has 2 aliphatic rings. The summed E-state index contributed by atoms with van der Waals surface area (Å²) in [4.78, 5) is 22.5. The first kappa shape index (κ1) is 23.4. The molecule has 0 unspecified atom stereocenters. The number of anilines is 1. The molecule has 35 heavy (non-hydrogen) atoms. The van der Waals surface area contributed by atoms with Gasteiger partial charge in [0.25, 0.3) is 11.4 Å². The zero-order valence-corrected chi connectivity index (χ0v) is 20.2. The maximum Gasteiger partial charge on any atom is 0.282 e. The predicted octanol–water partition coefficient (Wildman–Crippen LogP) is 6.55. The molecule has 1 N–H and O–H groups in total. The third-order valence-electron chi connectivity index (χ3n) is 6.83. The summed E-state index contributed by atoms with van der Waals surface area (Å²) in [7, 11) is 1.62. The van der Waals surface area contributed by atoms with E-state index < -0.39 is 4.92 Å². The monoisotopic (exact) mass is 511 g/mol. The lowest BCUT2D eigenvalue weighted by Crippen LogP contribution is -2.31. The van der Waals surface area contributed by atoms with Crippen molar-refractivity contribution in [3.05, 3.63) is 98.1 Å². The van der Waals surface area contributed by atoms with Crippen LogP contribution in [0.3, 0.4) is 0 Å². The highest BCUT2D eigenvalue weighted by atomic mass is 35.5. The van der Waals surface area contributed by atoms with E-state index in [1.54, 1.807) is 37.4 Å². The highest BCUT2D eigenvalue weighted by Gasteiger charge is 2.51. The van der Waals surface area contributed by atoms with E-state index in [1.807, 2.05) is 18.2 Å². The van der Waals surface area contributed by atoms with Gasteiger partial charge in [0.15, 0.2) is 0 Å². The Morgan fingerprint density at radius 2 is 1.74 bits per heavy atom. The van der Waals surface area contributed by atoms with Crippen LogP contribution in [-0.4, -0.2) is 27.6 Å². The number of hydrogen-bond donors (Lipinski definition) is 1. The van der Waals surface area contributed by atoms with Crippen LogP contribution in [0.15, 0.2) is 71.6 Å². The van der Waals surface area contributed by atoms with Gasteiger partial charge in [-0.1, -0.05) is 36.4 Å². The third kappa shape index (κ3) is 4.19. The summed E-state index contributed by atoms with van der Waals surface area (Å²) >= 11 is 8.57. The second-order valence-corrected chi connectivity index (χ2v) is 10.4. The molecule has 3 aromatic rings. The molecule has 0 spiro atoms. The molecule has 1 saturated carbocycles. The summed E-state index contributed by atoms with van der Waals surface area (Å²) in [5.74, 6) is 0.758. The molecule has 180 valence electrons. The summed E-state index contributed by atoms with van der Waals surface area (Å²) < 4.78 is 5.62. The molecule has 0 bridgehead atoms. The van der Waals surface area contributed by atoms with Crippen molar-refractivity contribution in [2.75, 3.05) is 12.4 Å². The maximum absolute atomic E-state index is 11.6. The average molecular weight is 512 g/mol. The van der Waals surface area contributed by atoms with E-state index in [2.05, 4.69) is 5.32 Å². The van der Waals surface area contributed by atoms with Gasteiger partial charge in [-0.3, -0.25) is 20.2 Å². The predicted molar refractivity (Wildman–Crippen MR) is 136 cm³/mol. The van der Waals surface area contributed by atoms with Crippen LogP contribution >= 0.6 is 23.4 Å². The van der Waals surface area contributed by atoms with Crippen molar-refractivity contribution in [1.82, 2.24) is 0 Å². The van der Waals surface area contributed by atoms with Crippen LogP contribution in [0.1, 0.15) is 29.5 Å². The van der Waals surface area contributed by atoms with Crippen LogP contribution in [-0.2, 0) is 0 Å². The smallest absolute Gasteiger partial charge is 0.282 e. The Labute approximate surface area is 210 Å². The van der Waals surface area contributed by atoms with Gasteiger partial charge in [0.2, 0.25) is 0 Å². The van der Waals surface area contributed by atoms with Crippen molar-refractivity contribution in [2.24, 2.45) is 5.92 Å². The van der Waals surface area contributed by atoms with Crippen molar-refractivity contribution in [1.29, 1.82) is 0 Å². The summed E-state index contributed by atoms with van der Waals surface area (Å²) in [6, 6.07) is 19.0. The first-order valence-electron chi connectivity index (χ1n) is 11.1. The quantitative estimate of drug-likeness (QED) is 0.227. The third-order valence-corrected chi connectivity index (χ3v) is 8.95. The molecule has 5 atom stereocenters. The number of hydrogen-bond acceptors (Lipinski definition) is 7. The van der Waals surface area contributed by atoms with Crippen LogP contribution < -0.4 is 10.1 Å². The molecule has 0 amide bonds. The number of nitro groups is 2. The number of nitrogens with one attached hydrogen (secondary N) is 1. The maximum atomic E-state index is 11.6. The van der Waals surface area contributed by atoms with E-state index in [1.165, 1.54) is 30.0 Å². The molecule has 5 rings (SSSR count). The fraction of sp³-hybridized carbons (Fsp3) is 0.280. The normalized spacial score (nSPS) is 24.7. The Bertz CT molecular complexity index is 1290. The van der Waals surface area contributed by atoms with E-state index in [-0.39, 0.29) is 44.8 Å². The number of halogens is 1. The molecule has 0 radical (unpaired) electrons. The number of methoxy groups -OCH3 is 1. The van der Waals surface area contributed by atoms with Gasteiger partial charge in [0, 0.05) is 29.4 Å². The fourth-order valence-electron chi connectivity index (χ4n) is 5.29. The number of fused-ring (bicyclic) bond motifs is 3. The van der Waals surface area contributed by atoms with Crippen molar-refractivity contribution < 1.29 is 14.6 Å². The molecule has 0 saturated heterocycles. The van der Waals surface area contributed by atoms with Crippen LogP contribution in [0.4, 0.5) is 17.1 Å². The molecule has 1 aliphatic carbocycles. The highest BCUT2D eigenvalue weighted by molar-refractivity contribution is 8.00. The van der Waals surface area contributed by atoms with Crippen molar-refractivity contribution in [2.45, 2.75) is 33.9 Å². The van der Waals surface area contributed by atoms with E-state index >= 15 is 0 Å². The van der Waals surface area contributed by atoms with Crippen molar-refractivity contribution in [3.63, 3.8) is 0 Å². The van der Waals surface area contributed by atoms with Gasteiger partial charge in [0.1, 0.15) is 5.75 Å². The second-order valence-electron chi connectivity index (χ2n) is 8.65. The number of thioether (sulfide) groups is 1. The minimum Gasteiger partial charge on any atom is -0.495 e. The Morgan fingerprint density at radius 1 is 1.00 bits per heavy atom. The van der Waals surface area contributed by atoms with Gasteiger partial charge in [-0.05, 0) is 35.6 Å². The summed E-state index contributed by atoms with van der Waals surface area (Å²) in [6.07, 6.45) is 0.723. The SMILES string of the molecule is COc1cccc2c1N[C@H](c1ccc([N+](=O)[O-])cc1)[C@@H]1C[C@H](Sc3ccccc3[N+](=O)[O-])[C@@H](Cl)[C@H]21. The second kappa shape index (κ2) is 9.39. The molecule has 10 heteroatoms. The Hall–Kier alpha value is -3.30. The number of para-hydroxylation sites is 2. The summed E-state index contributed by atoms with van der Waals surface area (Å²) in [5, 5.41) is 26.0. The number of nitrogens with zero attached hydrogens (tertiary/aromatic N) is 2. The van der Waals surface area contributed by atoms with Crippen LogP contribution in [0.5, 0.6) is 5.75 Å². The van der Waals surface area contributed by atoms with Crippen LogP contribution in [0, 0.1) is 26.1 Å². The lowest BCUT2D eigenvalue weighted by Gasteiger charge is -2.38. The zero-order valence-electron chi connectivity index (χ0n) is 18.7. The van der Waals surface area contributed by atoms with Gasteiger partial charge in [-0.25, -0.2) is 0 Å². The Kier molecular flexibility index (Phi) is 6.29. The number of rotatable bonds is 6. The van der Waals surface area contributed by atoms with Gasteiger partial charge >= 0.3 is 0 Å². The lowest BCUT2D eigenvalue weighted by atomic mass is 9.77. The number of benzene rings is 3. The van der Waals surface area contributed by atoms with Gasteiger partial charge in [-0.2, -0.15) is 0 Å². The number of ether oxygens (including phenoxy) is 1. The van der Waals surface area contributed by atoms with Crippen LogP contribution in [0.2, 0.25) is 0 Å². The number of non-ortho nitro benzene ring substituents is 1. The average Bonchev–Trinajstić information content (AvgIpc) is 3.19. The van der Waals surface area contributed by atoms with Crippen LogP contribution in [0.25, 0.3) is 0 Å². The molecule has 1 heterocycles. The number of nitro benzene ring substituents is 2. The number of alkyl halides is 1. The minimum absolute atomic E-state index is 0.0246. The van der Waals surface area contributed by atoms with Gasteiger partial charge < -0.3 is 10.1 Å². The molecular formula is C25H22ClN3O5S. The van der Waals surface area contributed by atoms with E-state index in [0.717, 1.165) is 23.2 Å². The molecule has 3 aromatic carbocycles. The van der Waals surface area contributed by atoms with Gasteiger partial charge in [-0.15, -0.1) is 23.4 Å². The van der Waals surface area contributed by atoms with E-state index in [0.29, 0.717) is 10.6 Å². The standard InChI is InChI=1S/C25H22ClN3O5S/c1-34-19-7-4-5-16-22-17(24(27-25(16)19)14-9-11-15(12-10-14)28(30)31)13-21(23(22)26)35-20-8-3-2-6-18(20)29(32)33/h2-12,17,21-24,27H,13H2,1H3/t17-,21+,22-,23-,24-/m1/s1. The molecule has 1 aliphatic heterocycles. The zero-order chi connectivity index (χ0) is 24.7. The summed E-state index contributed by atoms with van der Waals surface area (Å²) in [6.45, 7) is 0. The molecule has 1 fully saturated rings. The van der Waals surface area contributed by atoms with Crippen molar-refractivity contribution >= 4 is 40.4 Å². The highest BCUT2D eigenvalue weighted by Crippen LogP contribution is 2.59. The Balaban J connectivity index is 1.54.